The van der Waals surface area contributed by atoms with E-state index in [4.69, 9.17) is 5.11 Å². The Morgan fingerprint density at radius 1 is 1.30 bits per heavy atom. The van der Waals surface area contributed by atoms with E-state index in [1.54, 1.807) is 24.5 Å². The van der Waals surface area contributed by atoms with Crippen molar-refractivity contribution in [1.29, 1.82) is 0 Å². The maximum atomic E-state index is 11.1. The highest BCUT2D eigenvalue weighted by Crippen LogP contribution is 2.17. The van der Waals surface area contributed by atoms with E-state index in [1.807, 2.05) is 31.0 Å². The lowest BCUT2D eigenvalue weighted by atomic mass is 10.2. The summed E-state index contributed by atoms with van der Waals surface area (Å²) in [4.78, 5) is 21.5. The molecule has 2 aromatic heterocycles. The van der Waals surface area contributed by atoms with Gasteiger partial charge in [-0.1, -0.05) is 6.92 Å². The Morgan fingerprint density at radius 2 is 2.00 bits per heavy atom. The van der Waals surface area contributed by atoms with Crippen LogP contribution in [0.1, 0.15) is 28.5 Å². The fourth-order valence-corrected chi connectivity index (χ4v) is 1.92. The molecule has 104 valence electrons. The molecule has 0 spiro atoms. The molecule has 0 bridgehead atoms. The van der Waals surface area contributed by atoms with Gasteiger partial charge < -0.3 is 10.0 Å². The maximum absolute atomic E-state index is 11.1. The zero-order valence-electron chi connectivity index (χ0n) is 11.6. The second kappa shape index (κ2) is 6.14. The van der Waals surface area contributed by atoms with Gasteiger partial charge >= 0.3 is 5.97 Å². The molecule has 0 amide bonds. The number of hydrogen-bond donors (Lipinski definition) is 1. The second-order valence-electron chi connectivity index (χ2n) is 4.58. The van der Waals surface area contributed by atoms with Gasteiger partial charge in [-0.05, 0) is 36.2 Å². The molecule has 2 aromatic rings. The highest BCUT2D eigenvalue weighted by atomic mass is 16.4. The maximum Gasteiger partial charge on any atom is 0.335 e. The van der Waals surface area contributed by atoms with Gasteiger partial charge in [0.2, 0.25) is 0 Å². The number of nitrogens with zero attached hydrogens (tertiary/aromatic N) is 3. The molecule has 0 aliphatic rings. The van der Waals surface area contributed by atoms with Crippen molar-refractivity contribution in [2.24, 2.45) is 0 Å². The first-order valence-corrected chi connectivity index (χ1v) is 6.44. The number of hydrogen-bond acceptors (Lipinski definition) is 4. The van der Waals surface area contributed by atoms with E-state index in [-0.39, 0.29) is 5.56 Å². The number of anilines is 1. The summed E-state index contributed by atoms with van der Waals surface area (Å²) in [6.07, 6.45) is 4.18. The lowest BCUT2D eigenvalue weighted by Crippen LogP contribution is -2.19. The number of carbonyl (C=O) groups is 1. The first-order chi connectivity index (χ1) is 9.60. The van der Waals surface area contributed by atoms with E-state index in [0.29, 0.717) is 18.8 Å². The number of aryl methyl sites for hydroxylation is 1. The van der Waals surface area contributed by atoms with Gasteiger partial charge in [-0.15, -0.1) is 0 Å². The smallest absolute Gasteiger partial charge is 0.335 e. The van der Waals surface area contributed by atoms with E-state index in [2.05, 4.69) is 9.97 Å². The van der Waals surface area contributed by atoms with Gasteiger partial charge in [0, 0.05) is 31.7 Å². The van der Waals surface area contributed by atoms with Crippen LogP contribution in [0.5, 0.6) is 0 Å². The van der Waals surface area contributed by atoms with Crippen molar-refractivity contribution < 1.29 is 9.90 Å². The normalized spacial score (nSPS) is 10.3. The Hall–Kier alpha value is -2.43. The molecule has 0 fully saturated rings. The third-order valence-corrected chi connectivity index (χ3v) is 3.03. The van der Waals surface area contributed by atoms with Crippen LogP contribution < -0.4 is 4.90 Å². The molecule has 5 nitrogen and oxygen atoms in total. The molecule has 0 aliphatic carbocycles. The van der Waals surface area contributed by atoms with Gasteiger partial charge in [0.15, 0.2) is 0 Å². The Kier molecular flexibility index (Phi) is 4.30. The third kappa shape index (κ3) is 3.32. The predicted octanol–water partition coefficient (Wildman–Crippen LogP) is 2.37. The number of carboxylic acids is 1. The topological polar surface area (TPSA) is 66.3 Å². The number of aromatic carboxylic acids is 1. The molecule has 0 saturated carbocycles. The van der Waals surface area contributed by atoms with Crippen LogP contribution in [-0.2, 0) is 13.0 Å². The van der Waals surface area contributed by atoms with Crippen molar-refractivity contribution in [3.63, 3.8) is 0 Å². The molecule has 0 atom stereocenters. The number of rotatable bonds is 5. The van der Waals surface area contributed by atoms with Crippen LogP contribution >= 0.6 is 0 Å². The van der Waals surface area contributed by atoms with E-state index in [1.165, 1.54) is 0 Å². The summed E-state index contributed by atoms with van der Waals surface area (Å²) < 4.78 is 0. The molecule has 1 N–H and O–H groups in total. The first-order valence-electron chi connectivity index (χ1n) is 6.44. The summed E-state index contributed by atoms with van der Waals surface area (Å²) in [7, 11) is 1.90. The summed E-state index contributed by atoms with van der Waals surface area (Å²) in [5, 5.41) is 9.15. The average molecular weight is 271 g/mol. The first kappa shape index (κ1) is 14.0. The highest BCUT2D eigenvalue weighted by molar-refractivity contribution is 5.88. The van der Waals surface area contributed by atoms with Gasteiger partial charge in [-0.2, -0.15) is 0 Å². The van der Waals surface area contributed by atoms with Gasteiger partial charge in [0.05, 0.1) is 5.56 Å². The van der Waals surface area contributed by atoms with Crippen molar-refractivity contribution in [2.45, 2.75) is 19.9 Å². The molecule has 0 saturated heterocycles. The van der Waals surface area contributed by atoms with Crippen molar-refractivity contribution in [3.05, 3.63) is 53.5 Å². The minimum atomic E-state index is -0.930. The fourth-order valence-electron chi connectivity index (χ4n) is 1.92. The van der Waals surface area contributed by atoms with Crippen LogP contribution in [0.25, 0.3) is 0 Å². The van der Waals surface area contributed by atoms with Crippen LogP contribution in [0.3, 0.4) is 0 Å². The van der Waals surface area contributed by atoms with Crippen LogP contribution in [0, 0.1) is 0 Å². The van der Waals surface area contributed by atoms with E-state index < -0.39 is 5.97 Å². The summed E-state index contributed by atoms with van der Waals surface area (Å²) in [6.45, 7) is 2.61. The van der Waals surface area contributed by atoms with Gasteiger partial charge in [-0.3, -0.25) is 4.98 Å². The van der Waals surface area contributed by atoms with Crippen LogP contribution in [-0.4, -0.2) is 28.1 Å². The molecular formula is C15H17N3O2. The SMILES string of the molecule is CCc1cc(C(=O)O)cc(N(C)Cc2ccncc2)n1. The predicted molar refractivity (Wildman–Crippen MR) is 76.9 cm³/mol. The molecule has 2 heterocycles. The van der Waals surface area contributed by atoms with Gasteiger partial charge in [0.1, 0.15) is 5.82 Å². The van der Waals surface area contributed by atoms with E-state index >= 15 is 0 Å². The fraction of sp³-hybridized carbons (Fsp3) is 0.267. The minimum absolute atomic E-state index is 0.272. The Labute approximate surface area is 117 Å². The average Bonchev–Trinajstić information content (AvgIpc) is 2.47. The second-order valence-corrected chi connectivity index (χ2v) is 4.58. The van der Waals surface area contributed by atoms with Crippen LogP contribution in [0.2, 0.25) is 0 Å². The van der Waals surface area contributed by atoms with Crippen molar-refractivity contribution in [3.8, 4) is 0 Å². The zero-order chi connectivity index (χ0) is 14.5. The molecule has 0 aromatic carbocycles. The van der Waals surface area contributed by atoms with Crippen molar-refractivity contribution in [1.82, 2.24) is 9.97 Å². The van der Waals surface area contributed by atoms with Crippen LogP contribution in [0.15, 0.2) is 36.7 Å². The summed E-state index contributed by atoms with van der Waals surface area (Å²) in [5.41, 5.74) is 2.15. The molecule has 2 rings (SSSR count). The van der Waals surface area contributed by atoms with E-state index in [9.17, 15) is 4.79 Å². The number of pyridine rings is 2. The quantitative estimate of drug-likeness (QED) is 0.904. The monoisotopic (exact) mass is 271 g/mol. The van der Waals surface area contributed by atoms with Crippen molar-refractivity contribution >= 4 is 11.8 Å². The van der Waals surface area contributed by atoms with Crippen molar-refractivity contribution in [2.75, 3.05) is 11.9 Å². The van der Waals surface area contributed by atoms with E-state index in [0.717, 1.165) is 11.3 Å². The molecule has 5 heteroatoms. The molecular weight excluding hydrogens is 254 g/mol. The molecule has 0 radical (unpaired) electrons. The lowest BCUT2D eigenvalue weighted by Gasteiger charge is -2.19. The minimum Gasteiger partial charge on any atom is -0.478 e. The molecule has 0 aliphatic heterocycles. The number of aromatic nitrogens is 2. The summed E-state index contributed by atoms with van der Waals surface area (Å²) in [6, 6.07) is 7.07. The largest absolute Gasteiger partial charge is 0.478 e. The Morgan fingerprint density at radius 3 is 2.60 bits per heavy atom. The standard InChI is InChI=1S/C15H17N3O2/c1-3-13-8-12(15(19)20)9-14(17-13)18(2)10-11-4-6-16-7-5-11/h4-9H,3,10H2,1-2H3,(H,19,20). The summed E-state index contributed by atoms with van der Waals surface area (Å²) in [5.74, 6) is -0.265. The molecule has 20 heavy (non-hydrogen) atoms. The van der Waals surface area contributed by atoms with Crippen LogP contribution in [0.4, 0.5) is 5.82 Å². The third-order valence-electron chi connectivity index (χ3n) is 3.03. The van der Waals surface area contributed by atoms with Gasteiger partial charge in [-0.25, -0.2) is 9.78 Å². The summed E-state index contributed by atoms with van der Waals surface area (Å²) >= 11 is 0. The lowest BCUT2D eigenvalue weighted by molar-refractivity contribution is 0.0696. The molecule has 0 unspecified atom stereocenters. The van der Waals surface area contributed by atoms with Gasteiger partial charge in [0.25, 0.3) is 0 Å². The zero-order valence-corrected chi connectivity index (χ0v) is 11.6. The number of carboxylic acid groups (broad SMARTS) is 1. The Balaban J connectivity index is 2.27. The highest BCUT2D eigenvalue weighted by Gasteiger charge is 2.11. The Bertz CT molecular complexity index is 599.